The van der Waals surface area contributed by atoms with Gasteiger partial charge in [0.1, 0.15) is 21.9 Å². The summed E-state index contributed by atoms with van der Waals surface area (Å²) in [6, 6.07) is 15.6. The normalized spacial score (nSPS) is 12.4. The molecular formula is C21H13FN2O2S. The summed E-state index contributed by atoms with van der Waals surface area (Å²) in [5.41, 5.74) is 2.94. The Labute approximate surface area is 156 Å². The van der Waals surface area contributed by atoms with E-state index in [4.69, 9.17) is 4.42 Å². The molecule has 0 N–H and O–H groups in total. The van der Waals surface area contributed by atoms with Crippen LogP contribution in [-0.4, -0.2) is 9.38 Å². The molecule has 0 bridgehead atoms. The highest BCUT2D eigenvalue weighted by atomic mass is 32.1. The summed E-state index contributed by atoms with van der Waals surface area (Å²) in [7, 11) is 0. The van der Waals surface area contributed by atoms with Gasteiger partial charge in [0.25, 0.3) is 5.56 Å². The number of aryl methyl sites for hydroxylation is 1. The van der Waals surface area contributed by atoms with Crippen molar-refractivity contribution < 1.29 is 8.81 Å². The number of hydrogen-bond donors (Lipinski definition) is 0. The van der Waals surface area contributed by atoms with E-state index < -0.39 is 0 Å². The van der Waals surface area contributed by atoms with E-state index in [0.29, 0.717) is 26.6 Å². The van der Waals surface area contributed by atoms with Gasteiger partial charge in [0.15, 0.2) is 4.96 Å². The first-order valence-electron chi connectivity index (χ1n) is 8.39. The largest absolute Gasteiger partial charge is 0.457 e. The first-order valence-corrected chi connectivity index (χ1v) is 9.20. The van der Waals surface area contributed by atoms with Crippen LogP contribution >= 0.6 is 11.3 Å². The van der Waals surface area contributed by atoms with Crippen LogP contribution in [0.5, 0.6) is 0 Å². The van der Waals surface area contributed by atoms with Gasteiger partial charge in [-0.1, -0.05) is 35.6 Å². The number of benzene rings is 2. The molecule has 0 aliphatic heterocycles. The Balaban J connectivity index is 1.65. The van der Waals surface area contributed by atoms with Crippen molar-refractivity contribution in [2.24, 2.45) is 0 Å². The van der Waals surface area contributed by atoms with Crippen molar-refractivity contribution in [3.05, 3.63) is 86.6 Å². The number of hydrogen-bond acceptors (Lipinski definition) is 4. The van der Waals surface area contributed by atoms with Crippen LogP contribution in [0, 0.1) is 12.7 Å². The smallest absolute Gasteiger partial charge is 0.275 e. The molecule has 0 aliphatic carbocycles. The molecule has 5 aromatic rings. The summed E-state index contributed by atoms with van der Waals surface area (Å²) in [5, 5.41) is 0. The van der Waals surface area contributed by atoms with Gasteiger partial charge in [-0.3, -0.25) is 4.79 Å². The predicted molar refractivity (Wildman–Crippen MR) is 104 cm³/mol. The van der Waals surface area contributed by atoms with Crippen LogP contribution in [-0.2, 0) is 0 Å². The molecule has 0 saturated carbocycles. The van der Waals surface area contributed by atoms with Gasteiger partial charge in [-0.25, -0.2) is 13.8 Å². The van der Waals surface area contributed by atoms with Gasteiger partial charge in [-0.2, -0.15) is 0 Å². The summed E-state index contributed by atoms with van der Waals surface area (Å²) in [6.07, 6.45) is 1.67. The molecule has 4 nitrogen and oxygen atoms in total. The number of halogens is 1. The Hall–Kier alpha value is -3.25. The monoisotopic (exact) mass is 376 g/mol. The molecular weight excluding hydrogens is 363 g/mol. The quantitative estimate of drug-likeness (QED) is 0.465. The molecule has 3 aromatic heterocycles. The molecule has 3 heterocycles. The van der Waals surface area contributed by atoms with Gasteiger partial charge in [-0.15, -0.1) is 0 Å². The predicted octanol–water partition coefficient (Wildman–Crippen LogP) is 4.16. The number of nitrogens with zero attached hydrogens (tertiary/aromatic N) is 2. The van der Waals surface area contributed by atoms with Crippen molar-refractivity contribution in [3.63, 3.8) is 0 Å². The number of imidazole rings is 1. The summed E-state index contributed by atoms with van der Waals surface area (Å²) in [5.74, 6) is 0.573. The average molecular weight is 376 g/mol. The van der Waals surface area contributed by atoms with E-state index in [1.54, 1.807) is 40.8 Å². The van der Waals surface area contributed by atoms with Crippen molar-refractivity contribution in [2.75, 3.05) is 0 Å². The number of thiazole rings is 1. The third-order valence-electron chi connectivity index (χ3n) is 4.51. The second-order valence-corrected chi connectivity index (χ2v) is 7.28. The lowest BCUT2D eigenvalue weighted by molar-refractivity contribution is 0.560. The van der Waals surface area contributed by atoms with Crippen LogP contribution < -0.4 is 10.1 Å². The van der Waals surface area contributed by atoms with Crippen LogP contribution in [0.2, 0.25) is 0 Å². The standard InChI is InChI=1S/C21H13FN2O2S/c1-12-5-4-8-16-19(12)23-21-24(16)20(25)18(27-21)11-13-9-10-17(26-13)14-6-2-3-7-15(14)22/h2-11H,1H3. The van der Waals surface area contributed by atoms with Gasteiger partial charge in [0, 0.05) is 6.08 Å². The van der Waals surface area contributed by atoms with Gasteiger partial charge < -0.3 is 4.42 Å². The Morgan fingerprint density at radius 2 is 1.96 bits per heavy atom. The number of fused-ring (bicyclic) bond motifs is 3. The van der Waals surface area contributed by atoms with Crippen LogP contribution in [0.15, 0.2) is 63.8 Å². The number of para-hydroxylation sites is 1. The van der Waals surface area contributed by atoms with E-state index in [2.05, 4.69) is 4.98 Å². The maximum atomic E-state index is 13.9. The Morgan fingerprint density at radius 3 is 2.81 bits per heavy atom. The third kappa shape index (κ3) is 2.49. The second-order valence-electron chi connectivity index (χ2n) is 6.27. The fourth-order valence-corrected chi connectivity index (χ4v) is 4.15. The Kier molecular flexibility index (Phi) is 3.48. The van der Waals surface area contributed by atoms with E-state index in [-0.39, 0.29) is 11.4 Å². The minimum atomic E-state index is -0.348. The molecule has 0 radical (unpaired) electrons. The van der Waals surface area contributed by atoms with Gasteiger partial charge in [0.05, 0.1) is 16.6 Å². The summed E-state index contributed by atoms with van der Waals surface area (Å²) in [4.78, 5) is 18.1. The lowest BCUT2D eigenvalue weighted by Crippen LogP contribution is -2.22. The van der Waals surface area contributed by atoms with E-state index in [9.17, 15) is 9.18 Å². The molecule has 27 heavy (non-hydrogen) atoms. The zero-order valence-electron chi connectivity index (χ0n) is 14.3. The molecule has 5 rings (SSSR count). The minimum Gasteiger partial charge on any atom is -0.457 e. The molecule has 2 aromatic carbocycles. The van der Waals surface area contributed by atoms with Crippen molar-refractivity contribution in [2.45, 2.75) is 6.92 Å². The molecule has 0 fully saturated rings. The van der Waals surface area contributed by atoms with Gasteiger partial charge >= 0.3 is 0 Å². The van der Waals surface area contributed by atoms with Crippen molar-refractivity contribution >= 4 is 33.4 Å². The van der Waals surface area contributed by atoms with Gasteiger partial charge in [-0.05, 0) is 42.8 Å². The SMILES string of the molecule is Cc1cccc2c1nc1sc(=Cc3ccc(-c4ccccc4F)o3)c(=O)n12. The molecule has 132 valence electrons. The van der Waals surface area contributed by atoms with Crippen LogP contribution in [0.4, 0.5) is 4.39 Å². The van der Waals surface area contributed by atoms with Crippen molar-refractivity contribution in [3.8, 4) is 11.3 Å². The lowest BCUT2D eigenvalue weighted by Gasteiger charge is -1.97. The maximum Gasteiger partial charge on any atom is 0.275 e. The second kappa shape index (κ2) is 5.89. The Morgan fingerprint density at radius 1 is 1.11 bits per heavy atom. The number of rotatable bonds is 2. The van der Waals surface area contributed by atoms with Crippen LogP contribution in [0.25, 0.3) is 33.4 Å². The molecule has 0 aliphatic rings. The fourth-order valence-electron chi connectivity index (χ4n) is 3.19. The fraction of sp³-hybridized carbons (Fsp3) is 0.0476. The number of furan rings is 1. The van der Waals surface area contributed by atoms with E-state index in [1.165, 1.54) is 17.4 Å². The highest BCUT2D eigenvalue weighted by Gasteiger charge is 2.13. The topological polar surface area (TPSA) is 47.5 Å². The van der Waals surface area contributed by atoms with Gasteiger partial charge in [0.2, 0.25) is 0 Å². The zero-order chi connectivity index (χ0) is 18.5. The minimum absolute atomic E-state index is 0.132. The highest BCUT2D eigenvalue weighted by molar-refractivity contribution is 7.15. The Bertz CT molecular complexity index is 1430. The number of aromatic nitrogens is 2. The molecule has 0 saturated heterocycles. The molecule has 0 spiro atoms. The lowest BCUT2D eigenvalue weighted by atomic mass is 10.1. The first-order chi connectivity index (χ1) is 13.1. The highest BCUT2D eigenvalue weighted by Crippen LogP contribution is 2.25. The molecule has 0 unspecified atom stereocenters. The van der Waals surface area contributed by atoms with Crippen molar-refractivity contribution in [1.29, 1.82) is 0 Å². The van der Waals surface area contributed by atoms with E-state index in [1.807, 2.05) is 25.1 Å². The van der Waals surface area contributed by atoms with Crippen molar-refractivity contribution in [1.82, 2.24) is 9.38 Å². The molecule has 0 atom stereocenters. The average Bonchev–Trinajstić information content (AvgIpc) is 3.33. The first kappa shape index (κ1) is 16.0. The summed E-state index contributed by atoms with van der Waals surface area (Å²) >= 11 is 1.31. The van der Waals surface area contributed by atoms with E-state index >= 15 is 0 Å². The summed E-state index contributed by atoms with van der Waals surface area (Å²) in [6.45, 7) is 1.98. The molecule has 0 amide bonds. The van der Waals surface area contributed by atoms with Crippen LogP contribution in [0.1, 0.15) is 11.3 Å². The zero-order valence-corrected chi connectivity index (χ0v) is 15.1. The van der Waals surface area contributed by atoms with E-state index in [0.717, 1.165) is 16.6 Å². The molecule has 6 heteroatoms. The summed E-state index contributed by atoms with van der Waals surface area (Å²) < 4.78 is 21.8. The maximum absolute atomic E-state index is 13.9. The van der Waals surface area contributed by atoms with Crippen LogP contribution in [0.3, 0.4) is 0 Å². The third-order valence-corrected chi connectivity index (χ3v) is 5.48.